The molecule has 2 amide bonds. The Labute approximate surface area is 497 Å². The van der Waals surface area contributed by atoms with E-state index in [-0.39, 0.29) is 24.0 Å². The van der Waals surface area contributed by atoms with Gasteiger partial charge in [-0.15, -0.1) is 0 Å². The van der Waals surface area contributed by atoms with Crippen LogP contribution in [0, 0.1) is 46.3 Å². The molecule has 21 nitrogen and oxygen atoms in total. The van der Waals surface area contributed by atoms with Gasteiger partial charge >= 0.3 is 0 Å². The molecule has 5 aliphatic rings. The minimum absolute atomic E-state index is 0.0177. The topological polar surface area (TPSA) is 246 Å². The molecule has 3 fully saturated rings. The summed E-state index contributed by atoms with van der Waals surface area (Å²) in [4.78, 5) is 37.0. The number of nitriles is 2. The lowest BCUT2D eigenvalue weighted by Gasteiger charge is -2.33. The van der Waals surface area contributed by atoms with Crippen LogP contribution < -0.4 is 67.1 Å². The van der Waals surface area contributed by atoms with E-state index >= 15 is 0 Å². The second-order valence-electron chi connectivity index (χ2n) is 22.3. The van der Waals surface area contributed by atoms with Crippen molar-refractivity contribution in [3.63, 3.8) is 0 Å². The van der Waals surface area contributed by atoms with Gasteiger partial charge in [0, 0.05) is 85.0 Å². The summed E-state index contributed by atoms with van der Waals surface area (Å²) < 4.78 is 24.2. The van der Waals surface area contributed by atoms with Crippen molar-refractivity contribution in [2.75, 3.05) is 132 Å². The van der Waals surface area contributed by atoms with E-state index in [9.17, 15) is 20.1 Å². The SMILES string of the molecule is CCOc1cc2c(cc1NC(=O)CCCN(C)C)C(Nc1ccc(OCC3CC(C4CC4CN(C)CCCC(=O)Nc4cc5c(cc4OCC)NCC(C#N)C5Nc4ccc(OCCCN5CNCN5)c(Cl)c4)ON3)c(Cl)c1)C(C#N)CN2. The number of ether oxygens (including phenoxy) is 4. The highest BCUT2D eigenvalue weighted by molar-refractivity contribution is 6.32. The standard InChI is InChI=1S/C60H80Cl2N14O7/c1-6-79-55-27-48-44(25-50(55)71-57(77)11-8-17-74(3)4)60(39(30-64)32-67-48)70-41-14-16-53(47(62)23-41)82-34-42-24-54(83-73-42)43-21-37(43)33-75(5)18-9-12-58(78)72-51-26-45-49(28-56(51)80-7-2)66-31-38(29-63)59(45)69-40-13-15-52(46(61)22-40)81-20-10-19-76-36-65-35-68-76/h13-16,22-23,25-28,37-39,42-43,54,59-60,65-70,73H,6-12,17-21,24,31-36H2,1-5H3,(H,71,77)(H,72,78). The molecule has 83 heavy (non-hydrogen) atoms. The Hall–Kier alpha value is -6.50. The molecule has 8 atom stereocenters. The smallest absolute Gasteiger partial charge is 0.224 e. The largest absolute Gasteiger partial charge is 0.492 e. The number of fused-ring (bicyclic) bond motifs is 2. The van der Waals surface area contributed by atoms with E-state index in [0.717, 1.165) is 99.1 Å². The molecule has 4 aromatic carbocycles. The molecule has 8 unspecified atom stereocenters. The highest BCUT2D eigenvalue weighted by Gasteiger charge is 2.47. The number of nitrogens with zero attached hydrogens (tertiary/aromatic N) is 5. The summed E-state index contributed by atoms with van der Waals surface area (Å²) in [6.07, 6.45) is 4.87. The molecule has 1 saturated carbocycles. The minimum Gasteiger partial charge on any atom is -0.492 e. The van der Waals surface area contributed by atoms with Crippen molar-refractivity contribution in [3.8, 4) is 35.1 Å². The highest BCUT2D eigenvalue weighted by atomic mass is 35.5. The number of hydroxylamine groups is 1. The van der Waals surface area contributed by atoms with Crippen molar-refractivity contribution in [3.05, 3.63) is 81.8 Å². The molecule has 9 N–H and O–H groups in total. The van der Waals surface area contributed by atoms with Crippen LogP contribution in [0.2, 0.25) is 10.0 Å². The van der Waals surface area contributed by atoms with Crippen molar-refractivity contribution >= 4 is 69.1 Å². The summed E-state index contributed by atoms with van der Waals surface area (Å²) in [5.41, 5.74) is 12.4. The molecule has 4 aliphatic heterocycles. The third kappa shape index (κ3) is 16.4. The zero-order valence-corrected chi connectivity index (χ0v) is 49.7. The molecule has 0 aromatic heterocycles. The van der Waals surface area contributed by atoms with Crippen LogP contribution in [0.1, 0.15) is 82.0 Å². The maximum atomic E-state index is 13.6. The Morgan fingerprint density at radius 1 is 0.735 bits per heavy atom. The van der Waals surface area contributed by atoms with Gasteiger partial charge in [0.2, 0.25) is 11.8 Å². The van der Waals surface area contributed by atoms with E-state index in [1.165, 1.54) is 0 Å². The fraction of sp³-hybridized carbons (Fsp3) is 0.533. The number of carbonyl (C=O) groups excluding carboxylic acids is 2. The number of hydrogen-bond donors (Lipinski definition) is 9. The highest BCUT2D eigenvalue weighted by Crippen LogP contribution is 2.47. The first kappa shape index (κ1) is 61.1. The average Bonchev–Trinajstić information content (AvgIpc) is 3.95. The summed E-state index contributed by atoms with van der Waals surface area (Å²) in [6.45, 7) is 11.3. The van der Waals surface area contributed by atoms with E-state index in [1.807, 2.05) is 93.5 Å². The number of nitrogens with one attached hydrogen (secondary N) is 9. The van der Waals surface area contributed by atoms with Crippen molar-refractivity contribution in [1.82, 2.24) is 31.0 Å². The summed E-state index contributed by atoms with van der Waals surface area (Å²) in [5, 5.41) is 46.8. The van der Waals surface area contributed by atoms with Gasteiger partial charge in [-0.1, -0.05) is 23.2 Å². The third-order valence-electron chi connectivity index (χ3n) is 15.6. The van der Waals surface area contributed by atoms with Crippen LogP contribution in [-0.2, 0) is 14.4 Å². The van der Waals surface area contributed by atoms with Gasteiger partial charge in [0.25, 0.3) is 0 Å². The number of halogens is 2. The van der Waals surface area contributed by atoms with E-state index < -0.39 is 23.9 Å². The number of rotatable bonds is 29. The minimum atomic E-state index is -0.415. The van der Waals surface area contributed by atoms with Gasteiger partial charge in [-0.25, -0.2) is 10.4 Å². The zero-order valence-electron chi connectivity index (χ0n) is 48.2. The molecular formula is C60H80Cl2N14O7. The lowest BCUT2D eigenvalue weighted by Crippen LogP contribution is -2.32. The fourth-order valence-electron chi connectivity index (χ4n) is 11.3. The van der Waals surface area contributed by atoms with Crippen molar-refractivity contribution in [1.29, 1.82) is 10.5 Å². The van der Waals surface area contributed by atoms with Gasteiger partial charge < -0.3 is 60.6 Å². The number of anilines is 6. The van der Waals surface area contributed by atoms with Crippen LogP contribution in [0.5, 0.6) is 23.0 Å². The molecule has 4 aromatic rings. The number of benzene rings is 4. The molecule has 0 radical (unpaired) electrons. The number of amides is 2. The molecule has 446 valence electrons. The third-order valence-corrected chi connectivity index (χ3v) is 16.2. The average molecular weight is 1180 g/mol. The second kappa shape index (κ2) is 29.3. The normalized spacial score (nSPS) is 22.5. The number of carbonyl (C=O) groups is 2. The molecule has 4 heterocycles. The molecule has 1 aliphatic carbocycles. The van der Waals surface area contributed by atoms with Crippen molar-refractivity contribution in [2.24, 2.45) is 23.7 Å². The van der Waals surface area contributed by atoms with Crippen LogP contribution >= 0.6 is 23.2 Å². The predicted molar refractivity (Wildman–Crippen MR) is 324 cm³/mol. The van der Waals surface area contributed by atoms with E-state index in [1.54, 1.807) is 0 Å². The maximum absolute atomic E-state index is 13.6. The molecule has 9 rings (SSSR count). The number of hydrogen-bond acceptors (Lipinski definition) is 19. The van der Waals surface area contributed by atoms with Gasteiger partial charge in [-0.2, -0.15) is 16.0 Å². The predicted octanol–water partition coefficient (Wildman–Crippen LogP) is 8.63. The van der Waals surface area contributed by atoms with Crippen LogP contribution in [0.15, 0.2) is 60.7 Å². The Bertz CT molecular complexity index is 2960. The fourth-order valence-corrected chi connectivity index (χ4v) is 11.8. The summed E-state index contributed by atoms with van der Waals surface area (Å²) >= 11 is 13.5. The quantitative estimate of drug-likeness (QED) is 0.0231. The molecule has 23 heteroatoms. The second-order valence-corrected chi connectivity index (χ2v) is 23.1. The van der Waals surface area contributed by atoms with Crippen LogP contribution in [0.25, 0.3) is 0 Å². The van der Waals surface area contributed by atoms with E-state index in [4.69, 9.17) is 47.0 Å². The Balaban J connectivity index is 0.715. The first-order valence-corrected chi connectivity index (χ1v) is 29.8. The molecule has 2 saturated heterocycles. The summed E-state index contributed by atoms with van der Waals surface area (Å²) in [5.74, 6) is 2.13. The maximum Gasteiger partial charge on any atom is 0.224 e. The Morgan fingerprint density at radius 3 is 1.84 bits per heavy atom. The van der Waals surface area contributed by atoms with Crippen LogP contribution in [0.4, 0.5) is 34.1 Å². The first-order valence-electron chi connectivity index (χ1n) is 29.1. The molecule has 0 spiro atoms. The van der Waals surface area contributed by atoms with Crippen molar-refractivity contribution in [2.45, 2.75) is 83.0 Å². The Morgan fingerprint density at radius 2 is 1.31 bits per heavy atom. The molecule has 0 bridgehead atoms. The van der Waals surface area contributed by atoms with Gasteiger partial charge in [0.1, 0.15) is 29.6 Å². The molecular weight excluding hydrogens is 1100 g/mol. The van der Waals surface area contributed by atoms with Gasteiger partial charge in [-0.3, -0.25) is 19.7 Å². The van der Waals surface area contributed by atoms with Crippen molar-refractivity contribution < 1.29 is 33.4 Å². The monoisotopic (exact) mass is 1180 g/mol. The van der Waals surface area contributed by atoms with E-state index in [2.05, 4.69) is 77.2 Å². The van der Waals surface area contributed by atoms with Gasteiger partial charge in [0.15, 0.2) is 0 Å². The zero-order chi connectivity index (χ0) is 58.4. The first-order chi connectivity index (χ1) is 40.3. The van der Waals surface area contributed by atoms with Gasteiger partial charge in [-0.05, 0) is 141 Å². The summed E-state index contributed by atoms with van der Waals surface area (Å²) in [6, 6.07) is 22.8. The lowest BCUT2D eigenvalue weighted by atomic mass is 9.88. The van der Waals surface area contributed by atoms with E-state index in [0.29, 0.717) is 115 Å². The lowest BCUT2D eigenvalue weighted by molar-refractivity contribution is -0.117. The van der Waals surface area contributed by atoms with Crippen LogP contribution in [-0.4, -0.2) is 139 Å². The number of hydrazine groups is 1. The van der Waals surface area contributed by atoms with Crippen LogP contribution in [0.3, 0.4) is 0 Å². The van der Waals surface area contributed by atoms with Gasteiger partial charge in [0.05, 0.1) is 103 Å². The Kier molecular flexibility index (Phi) is 21.6. The summed E-state index contributed by atoms with van der Waals surface area (Å²) in [7, 11) is 6.06.